The Balaban J connectivity index is 2.12. The molecular formula is C11H15ClN6O2S. The van der Waals surface area contributed by atoms with Gasteiger partial charge in [-0.3, -0.25) is 0 Å². The second-order valence-corrected chi connectivity index (χ2v) is 6.55. The highest BCUT2D eigenvalue weighted by Gasteiger charge is 2.19. The highest BCUT2D eigenvalue weighted by molar-refractivity contribution is 7.89. The quantitative estimate of drug-likeness (QED) is 0.527. The van der Waals surface area contributed by atoms with Gasteiger partial charge < -0.3 is 9.99 Å². The van der Waals surface area contributed by atoms with Gasteiger partial charge in [0.2, 0.25) is 10.0 Å². The molecule has 2 rings (SSSR count). The molecule has 21 heavy (non-hydrogen) atoms. The van der Waals surface area contributed by atoms with Crippen LogP contribution in [-0.2, 0) is 16.6 Å². The van der Waals surface area contributed by atoms with Gasteiger partial charge in [0.05, 0.1) is 11.3 Å². The number of anilines is 1. The molecule has 0 radical (unpaired) electrons. The van der Waals surface area contributed by atoms with Crippen molar-refractivity contribution in [3.8, 4) is 0 Å². The highest BCUT2D eigenvalue weighted by atomic mass is 35.5. The third kappa shape index (κ3) is 3.91. The number of rotatable bonds is 6. The van der Waals surface area contributed by atoms with Gasteiger partial charge in [0, 0.05) is 31.2 Å². The molecule has 2 aromatic heterocycles. The van der Waals surface area contributed by atoms with Crippen LogP contribution in [0.3, 0.4) is 0 Å². The smallest absolute Gasteiger partial charge is 0.242 e. The Labute approximate surface area is 127 Å². The predicted octanol–water partition coefficient (Wildman–Crippen LogP) is 0.584. The van der Waals surface area contributed by atoms with E-state index in [1.54, 1.807) is 30.2 Å². The molecule has 0 amide bonds. The summed E-state index contributed by atoms with van der Waals surface area (Å²) < 4.78 is 28.8. The summed E-state index contributed by atoms with van der Waals surface area (Å²) >= 11 is 5.88. The van der Waals surface area contributed by atoms with Crippen LogP contribution in [0.2, 0.25) is 5.02 Å². The fraction of sp³-hybridized carbons (Fsp3) is 0.273. The molecule has 0 saturated heterocycles. The Morgan fingerprint density at radius 1 is 1.52 bits per heavy atom. The molecule has 0 bridgehead atoms. The van der Waals surface area contributed by atoms with E-state index in [-0.39, 0.29) is 21.8 Å². The van der Waals surface area contributed by atoms with Gasteiger partial charge >= 0.3 is 0 Å². The van der Waals surface area contributed by atoms with E-state index in [2.05, 4.69) is 20.1 Å². The van der Waals surface area contributed by atoms with Crippen molar-refractivity contribution in [3.63, 3.8) is 0 Å². The molecule has 1 atom stereocenters. The molecule has 0 aromatic carbocycles. The van der Waals surface area contributed by atoms with Crippen LogP contribution in [0.25, 0.3) is 0 Å². The fourth-order valence-electron chi connectivity index (χ4n) is 1.75. The predicted molar refractivity (Wildman–Crippen MR) is 79.1 cm³/mol. The SMILES string of the molecule is CC(Cn1ccnc1)NS(=O)(=O)c1cnc(NN)c(Cl)c1. The Bertz CT molecular complexity index is 704. The van der Waals surface area contributed by atoms with Gasteiger partial charge in [0.25, 0.3) is 0 Å². The van der Waals surface area contributed by atoms with Gasteiger partial charge in [0.1, 0.15) is 4.90 Å². The summed E-state index contributed by atoms with van der Waals surface area (Å²) in [5, 5.41) is 0.127. The van der Waals surface area contributed by atoms with Crippen molar-refractivity contribution < 1.29 is 8.42 Å². The summed E-state index contributed by atoms with van der Waals surface area (Å²) in [6, 6.07) is 0.964. The van der Waals surface area contributed by atoms with Crippen LogP contribution in [0.5, 0.6) is 0 Å². The monoisotopic (exact) mass is 330 g/mol. The average molecular weight is 331 g/mol. The lowest BCUT2D eigenvalue weighted by molar-refractivity contribution is 0.520. The number of nitrogen functional groups attached to an aromatic ring is 1. The lowest BCUT2D eigenvalue weighted by atomic mass is 10.4. The molecule has 2 heterocycles. The zero-order valence-electron chi connectivity index (χ0n) is 11.2. The van der Waals surface area contributed by atoms with Crippen molar-refractivity contribution >= 4 is 27.4 Å². The Morgan fingerprint density at radius 2 is 2.29 bits per heavy atom. The maximum Gasteiger partial charge on any atom is 0.242 e. The van der Waals surface area contributed by atoms with Crippen LogP contribution in [0.1, 0.15) is 6.92 Å². The van der Waals surface area contributed by atoms with E-state index >= 15 is 0 Å². The molecule has 0 aliphatic heterocycles. The standard InChI is InChI=1S/C11H15ClN6O2S/c1-8(6-18-3-2-14-7-18)17-21(19,20)9-4-10(12)11(16-13)15-5-9/h2-5,7-8,17H,6,13H2,1H3,(H,15,16). The summed E-state index contributed by atoms with van der Waals surface area (Å²) in [6.45, 7) is 2.21. The van der Waals surface area contributed by atoms with E-state index < -0.39 is 10.0 Å². The molecule has 0 saturated carbocycles. The number of aromatic nitrogens is 3. The number of hydrogen-bond acceptors (Lipinski definition) is 6. The first-order chi connectivity index (χ1) is 9.92. The summed E-state index contributed by atoms with van der Waals surface area (Å²) in [4.78, 5) is 7.72. The number of hydrogen-bond donors (Lipinski definition) is 3. The summed E-state index contributed by atoms with van der Waals surface area (Å²) in [6.07, 6.45) is 6.19. The van der Waals surface area contributed by atoms with Gasteiger partial charge in [-0.1, -0.05) is 11.6 Å². The Hall–Kier alpha value is -1.68. The van der Waals surface area contributed by atoms with E-state index in [9.17, 15) is 8.42 Å². The topological polar surface area (TPSA) is 115 Å². The molecular weight excluding hydrogens is 316 g/mol. The highest BCUT2D eigenvalue weighted by Crippen LogP contribution is 2.21. The minimum atomic E-state index is -3.71. The van der Waals surface area contributed by atoms with E-state index in [1.807, 2.05) is 0 Å². The fourth-order valence-corrected chi connectivity index (χ4v) is 3.25. The average Bonchev–Trinajstić information content (AvgIpc) is 2.90. The number of nitrogens with zero attached hydrogens (tertiary/aromatic N) is 3. The van der Waals surface area contributed by atoms with E-state index in [4.69, 9.17) is 17.4 Å². The minimum absolute atomic E-state index is 0.0241. The minimum Gasteiger partial charge on any atom is -0.336 e. The number of halogens is 1. The zero-order chi connectivity index (χ0) is 15.5. The molecule has 0 aliphatic rings. The molecule has 0 spiro atoms. The first-order valence-corrected chi connectivity index (χ1v) is 7.88. The van der Waals surface area contributed by atoms with Crippen molar-refractivity contribution in [2.75, 3.05) is 5.43 Å². The van der Waals surface area contributed by atoms with Crippen LogP contribution < -0.4 is 16.0 Å². The molecule has 1 unspecified atom stereocenters. The van der Waals surface area contributed by atoms with Crippen LogP contribution in [-0.4, -0.2) is 29.0 Å². The number of nitrogens with two attached hydrogens (primary N) is 1. The van der Waals surface area contributed by atoms with Crippen molar-refractivity contribution in [1.82, 2.24) is 19.3 Å². The Morgan fingerprint density at radius 3 is 2.86 bits per heavy atom. The molecule has 0 fully saturated rings. The lowest BCUT2D eigenvalue weighted by Gasteiger charge is -2.15. The third-order valence-corrected chi connectivity index (χ3v) is 4.51. The van der Waals surface area contributed by atoms with Crippen molar-refractivity contribution in [3.05, 3.63) is 36.0 Å². The lowest BCUT2D eigenvalue weighted by Crippen LogP contribution is -2.35. The summed E-state index contributed by atoms with van der Waals surface area (Å²) in [7, 11) is -3.71. The third-order valence-electron chi connectivity index (χ3n) is 2.66. The maximum absolute atomic E-state index is 12.2. The first kappa shape index (κ1) is 15.7. The number of hydrazine groups is 1. The van der Waals surface area contributed by atoms with Crippen LogP contribution in [0.4, 0.5) is 5.82 Å². The van der Waals surface area contributed by atoms with Gasteiger partial charge in [-0.2, -0.15) is 0 Å². The van der Waals surface area contributed by atoms with Gasteiger partial charge in [0.15, 0.2) is 5.82 Å². The van der Waals surface area contributed by atoms with Crippen LogP contribution in [0, 0.1) is 0 Å². The van der Waals surface area contributed by atoms with Crippen molar-refractivity contribution in [2.24, 2.45) is 5.84 Å². The molecule has 2 aromatic rings. The number of sulfonamides is 1. The van der Waals surface area contributed by atoms with Crippen LogP contribution in [0.15, 0.2) is 35.9 Å². The number of nitrogens with one attached hydrogen (secondary N) is 2. The zero-order valence-corrected chi connectivity index (χ0v) is 12.8. The summed E-state index contributed by atoms with van der Waals surface area (Å²) in [5.74, 6) is 5.41. The Kier molecular flexibility index (Phi) is 4.78. The second-order valence-electron chi connectivity index (χ2n) is 4.43. The van der Waals surface area contributed by atoms with Gasteiger partial charge in [-0.05, 0) is 13.0 Å². The largest absolute Gasteiger partial charge is 0.336 e. The molecule has 10 heteroatoms. The van der Waals surface area contributed by atoms with Gasteiger partial charge in [-0.25, -0.2) is 29.0 Å². The van der Waals surface area contributed by atoms with Gasteiger partial charge in [-0.15, -0.1) is 0 Å². The molecule has 0 aliphatic carbocycles. The van der Waals surface area contributed by atoms with E-state index in [0.29, 0.717) is 6.54 Å². The van der Waals surface area contributed by atoms with Crippen molar-refractivity contribution in [2.45, 2.75) is 24.4 Å². The summed E-state index contributed by atoms with van der Waals surface area (Å²) in [5.41, 5.74) is 2.28. The maximum atomic E-state index is 12.2. The molecule has 8 nitrogen and oxygen atoms in total. The van der Waals surface area contributed by atoms with E-state index in [0.717, 1.165) is 0 Å². The number of pyridine rings is 1. The normalized spacial score (nSPS) is 13.1. The molecule has 114 valence electrons. The first-order valence-electron chi connectivity index (χ1n) is 6.02. The second kappa shape index (κ2) is 6.39. The van der Waals surface area contributed by atoms with Crippen molar-refractivity contribution in [1.29, 1.82) is 0 Å². The number of imidazole rings is 1. The molecule has 4 N–H and O–H groups in total. The van der Waals surface area contributed by atoms with Crippen LogP contribution >= 0.6 is 11.6 Å². The van der Waals surface area contributed by atoms with E-state index in [1.165, 1.54) is 12.3 Å².